The maximum atomic E-state index is 12.4. The molecule has 0 radical (unpaired) electrons. The van der Waals surface area contributed by atoms with Crippen molar-refractivity contribution in [3.8, 4) is 0 Å². The molecule has 0 saturated heterocycles. The molecule has 0 atom stereocenters. The Hall–Kier alpha value is -2.75. The van der Waals surface area contributed by atoms with Crippen LogP contribution < -0.4 is 4.90 Å². The summed E-state index contributed by atoms with van der Waals surface area (Å²) in [5, 5.41) is 0. The zero-order valence-corrected chi connectivity index (χ0v) is 11.6. The highest BCUT2D eigenvalue weighted by molar-refractivity contribution is 6.34. The van der Waals surface area contributed by atoms with Crippen LogP contribution in [0.1, 0.15) is 39.8 Å². The van der Waals surface area contributed by atoms with E-state index >= 15 is 0 Å². The van der Waals surface area contributed by atoms with Crippen molar-refractivity contribution in [1.29, 1.82) is 0 Å². The van der Waals surface area contributed by atoms with Crippen LogP contribution in [0.2, 0.25) is 0 Å². The Bertz CT molecular complexity index is 715. The molecule has 2 amide bonds. The molecule has 1 aliphatic heterocycles. The standard InChI is InChI=1S/C17H14N2O2/c1-2-3-7-12-8-6-11-15(18-12)19-16(20)13-9-4-5-10-14(13)17(19)21/h3-11H,2H2,1H3/b7-3+. The highest BCUT2D eigenvalue weighted by Gasteiger charge is 2.36. The van der Waals surface area contributed by atoms with Gasteiger partial charge in [0.25, 0.3) is 11.8 Å². The maximum absolute atomic E-state index is 12.4. The number of anilines is 1. The Morgan fingerprint density at radius 3 is 2.29 bits per heavy atom. The van der Waals surface area contributed by atoms with Gasteiger partial charge in [-0.1, -0.05) is 31.2 Å². The first-order chi connectivity index (χ1) is 10.2. The van der Waals surface area contributed by atoms with Crippen LogP contribution in [0.25, 0.3) is 6.08 Å². The van der Waals surface area contributed by atoms with Crippen LogP contribution in [-0.4, -0.2) is 16.8 Å². The molecule has 2 heterocycles. The third-order valence-corrected chi connectivity index (χ3v) is 3.30. The minimum Gasteiger partial charge on any atom is -0.268 e. The molecule has 2 aromatic rings. The van der Waals surface area contributed by atoms with Crippen LogP contribution in [0.5, 0.6) is 0 Å². The lowest BCUT2D eigenvalue weighted by Crippen LogP contribution is -2.30. The maximum Gasteiger partial charge on any atom is 0.267 e. The quantitative estimate of drug-likeness (QED) is 0.809. The van der Waals surface area contributed by atoms with E-state index in [1.165, 1.54) is 0 Å². The van der Waals surface area contributed by atoms with E-state index in [1.807, 2.05) is 25.1 Å². The number of carbonyl (C=O) groups is 2. The summed E-state index contributed by atoms with van der Waals surface area (Å²) in [6.45, 7) is 2.03. The van der Waals surface area contributed by atoms with Crippen molar-refractivity contribution < 1.29 is 9.59 Å². The molecule has 0 bridgehead atoms. The van der Waals surface area contributed by atoms with Crippen molar-refractivity contribution in [3.63, 3.8) is 0 Å². The van der Waals surface area contributed by atoms with Gasteiger partial charge >= 0.3 is 0 Å². The summed E-state index contributed by atoms with van der Waals surface area (Å²) in [6, 6.07) is 12.1. The Kier molecular flexibility index (Phi) is 3.36. The average molecular weight is 278 g/mol. The third-order valence-electron chi connectivity index (χ3n) is 3.30. The van der Waals surface area contributed by atoms with Gasteiger partial charge in [-0.15, -0.1) is 0 Å². The molecule has 0 spiro atoms. The lowest BCUT2D eigenvalue weighted by molar-refractivity contribution is 0.0925. The summed E-state index contributed by atoms with van der Waals surface area (Å²) in [5.41, 5.74) is 1.59. The number of amides is 2. The van der Waals surface area contributed by atoms with Gasteiger partial charge in [-0.25, -0.2) is 9.88 Å². The van der Waals surface area contributed by atoms with Crippen molar-refractivity contribution in [3.05, 3.63) is 65.4 Å². The minimum absolute atomic E-state index is 0.320. The number of hydrogen-bond acceptors (Lipinski definition) is 3. The number of nitrogens with zero attached hydrogens (tertiary/aromatic N) is 2. The van der Waals surface area contributed by atoms with Crippen molar-refractivity contribution in [2.24, 2.45) is 0 Å². The number of imide groups is 1. The van der Waals surface area contributed by atoms with E-state index in [0.29, 0.717) is 16.9 Å². The van der Waals surface area contributed by atoms with Gasteiger partial charge in [0.2, 0.25) is 0 Å². The van der Waals surface area contributed by atoms with Crippen LogP contribution in [0, 0.1) is 0 Å². The first kappa shape index (κ1) is 13.2. The molecular weight excluding hydrogens is 264 g/mol. The second-order valence-electron chi connectivity index (χ2n) is 4.72. The smallest absolute Gasteiger partial charge is 0.267 e. The second-order valence-corrected chi connectivity index (χ2v) is 4.72. The van der Waals surface area contributed by atoms with E-state index in [-0.39, 0.29) is 11.8 Å². The van der Waals surface area contributed by atoms with Crippen molar-refractivity contribution >= 4 is 23.7 Å². The van der Waals surface area contributed by atoms with Gasteiger partial charge < -0.3 is 0 Å². The predicted molar refractivity (Wildman–Crippen MR) is 81.1 cm³/mol. The summed E-state index contributed by atoms with van der Waals surface area (Å²) < 4.78 is 0. The highest BCUT2D eigenvalue weighted by atomic mass is 16.2. The number of rotatable bonds is 3. The first-order valence-corrected chi connectivity index (χ1v) is 6.84. The SMILES string of the molecule is CC/C=C/c1cccc(N2C(=O)c3ccccc3C2=O)n1. The number of aromatic nitrogens is 1. The number of fused-ring (bicyclic) bond motifs is 1. The molecule has 104 valence electrons. The number of allylic oxidation sites excluding steroid dienone is 1. The second kappa shape index (κ2) is 5.32. The van der Waals surface area contributed by atoms with Crippen LogP contribution >= 0.6 is 0 Å². The van der Waals surface area contributed by atoms with Crippen LogP contribution in [0.4, 0.5) is 5.82 Å². The number of carbonyl (C=O) groups excluding carboxylic acids is 2. The summed E-state index contributed by atoms with van der Waals surface area (Å²) in [5.74, 6) is -0.279. The van der Waals surface area contributed by atoms with Crippen LogP contribution in [0.15, 0.2) is 48.5 Å². The topological polar surface area (TPSA) is 50.3 Å². The normalized spacial score (nSPS) is 14.0. The fraction of sp³-hybridized carbons (Fsp3) is 0.118. The predicted octanol–water partition coefficient (Wildman–Crippen LogP) is 3.31. The molecule has 0 saturated carbocycles. The van der Waals surface area contributed by atoms with Crippen molar-refractivity contribution in [1.82, 2.24) is 4.98 Å². The number of pyridine rings is 1. The van der Waals surface area contributed by atoms with Gasteiger partial charge in [-0.2, -0.15) is 0 Å². The molecule has 3 rings (SSSR count). The van der Waals surface area contributed by atoms with Gasteiger partial charge in [0.05, 0.1) is 16.8 Å². The van der Waals surface area contributed by atoms with Gasteiger partial charge in [-0.05, 0) is 36.8 Å². The van der Waals surface area contributed by atoms with E-state index in [0.717, 1.165) is 17.0 Å². The van der Waals surface area contributed by atoms with Gasteiger partial charge in [0.15, 0.2) is 0 Å². The van der Waals surface area contributed by atoms with E-state index in [4.69, 9.17) is 0 Å². The number of benzene rings is 1. The first-order valence-electron chi connectivity index (χ1n) is 6.84. The fourth-order valence-corrected chi connectivity index (χ4v) is 2.29. The van der Waals surface area contributed by atoms with E-state index < -0.39 is 0 Å². The zero-order valence-electron chi connectivity index (χ0n) is 11.6. The molecule has 21 heavy (non-hydrogen) atoms. The average Bonchev–Trinajstić information content (AvgIpc) is 2.78. The summed E-state index contributed by atoms with van der Waals surface area (Å²) in [4.78, 5) is 30.3. The van der Waals surface area contributed by atoms with E-state index in [9.17, 15) is 9.59 Å². The highest BCUT2D eigenvalue weighted by Crippen LogP contribution is 2.27. The van der Waals surface area contributed by atoms with Crippen LogP contribution in [0.3, 0.4) is 0 Å². The van der Waals surface area contributed by atoms with Gasteiger partial charge in [0.1, 0.15) is 5.82 Å². The monoisotopic (exact) mass is 278 g/mol. The van der Waals surface area contributed by atoms with Gasteiger partial charge in [0, 0.05) is 0 Å². The molecule has 0 N–H and O–H groups in total. The number of hydrogen-bond donors (Lipinski definition) is 0. The van der Waals surface area contributed by atoms with Crippen molar-refractivity contribution in [2.75, 3.05) is 4.90 Å². The molecule has 4 heteroatoms. The molecule has 0 aliphatic carbocycles. The Balaban J connectivity index is 2.01. The molecule has 4 nitrogen and oxygen atoms in total. The lowest BCUT2D eigenvalue weighted by Gasteiger charge is -2.12. The summed E-state index contributed by atoms with van der Waals surface area (Å²) >= 11 is 0. The molecule has 1 aromatic carbocycles. The summed E-state index contributed by atoms with van der Waals surface area (Å²) in [7, 11) is 0. The molecule has 1 aliphatic rings. The van der Waals surface area contributed by atoms with Gasteiger partial charge in [-0.3, -0.25) is 9.59 Å². The largest absolute Gasteiger partial charge is 0.268 e. The Morgan fingerprint density at radius 2 is 1.67 bits per heavy atom. The Labute approximate surface area is 122 Å². The Morgan fingerprint density at radius 1 is 1.00 bits per heavy atom. The molecule has 0 fully saturated rings. The van der Waals surface area contributed by atoms with E-state index in [2.05, 4.69) is 4.98 Å². The van der Waals surface area contributed by atoms with Crippen molar-refractivity contribution in [2.45, 2.75) is 13.3 Å². The van der Waals surface area contributed by atoms with Crippen LogP contribution in [-0.2, 0) is 0 Å². The minimum atomic E-state index is -0.320. The lowest BCUT2D eigenvalue weighted by atomic mass is 10.1. The van der Waals surface area contributed by atoms with E-state index in [1.54, 1.807) is 36.4 Å². The summed E-state index contributed by atoms with van der Waals surface area (Å²) in [6.07, 6.45) is 4.76. The molecule has 0 unspecified atom stereocenters. The molecule has 1 aromatic heterocycles. The fourth-order valence-electron chi connectivity index (χ4n) is 2.29. The zero-order chi connectivity index (χ0) is 14.8. The third kappa shape index (κ3) is 2.25. The molecular formula is C17H14N2O2.